The van der Waals surface area contributed by atoms with E-state index in [1.807, 2.05) is 18.2 Å². The molecule has 4 rings (SSSR count). The standard InChI is InChI=1S/C19H18ClNO5/c20-13-9-17-18(24-7-1-6-23-17)10-14(13)21-19(22)5-3-12-2-4-15-16(8-12)26-11-25-15/h2,4,8-10H,1,3,5-7,11H2,(H,21,22). The van der Waals surface area contributed by atoms with Crippen molar-refractivity contribution < 1.29 is 23.7 Å². The van der Waals surface area contributed by atoms with Crippen LogP contribution in [0.1, 0.15) is 18.4 Å². The average molecular weight is 376 g/mol. The molecule has 2 aliphatic rings. The molecule has 2 aromatic rings. The lowest BCUT2D eigenvalue weighted by Gasteiger charge is -2.12. The van der Waals surface area contributed by atoms with E-state index in [1.54, 1.807) is 12.1 Å². The minimum Gasteiger partial charge on any atom is -0.490 e. The lowest BCUT2D eigenvalue weighted by Crippen LogP contribution is -2.13. The number of nitrogens with one attached hydrogen (secondary N) is 1. The summed E-state index contributed by atoms with van der Waals surface area (Å²) in [6.07, 6.45) is 1.72. The van der Waals surface area contributed by atoms with Gasteiger partial charge in [-0.05, 0) is 24.1 Å². The number of ether oxygens (including phenoxy) is 4. The molecule has 0 aliphatic carbocycles. The number of fused-ring (bicyclic) bond motifs is 2. The van der Waals surface area contributed by atoms with Gasteiger partial charge in [-0.15, -0.1) is 0 Å². The maximum absolute atomic E-state index is 12.3. The number of hydrogen-bond acceptors (Lipinski definition) is 5. The first-order chi connectivity index (χ1) is 12.7. The second-order valence-corrected chi connectivity index (χ2v) is 6.47. The molecular weight excluding hydrogens is 358 g/mol. The number of carbonyl (C=O) groups excluding carboxylic acids is 1. The zero-order valence-corrected chi connectivity index (χ0v) is 14.8. The second-order valence-electron chi connectivity index (χ2n) is 6.07. The summed E-state index contributed by atoms with van der Waals surface area (Å²) in [4.78, 5) is 12.3. The predicted molar refractivity (Wildman–Crippen MR) is 96.6 cm³/mol. The molecule has 7 heteroatoms. The van der Waals surface area contributed by atoms with E-state index in [2.05, 4.69) is 5.32 Å². The number of rotatable bonds is 4. The van der Waals surface area contributed by atoms with Gasteiger partial charge in [-0.2, -0.15) is 0 Å². The van der Waals surface area contributed by atoms with Crippen molar-refractivity contribution >= 4 is 23.2 Å². The Kier molecular flexibility index (Phi) is 4.75. The van der Waals surface area contributed by atoms with Crippen molar-refractivity contribution in [3.63, 3.8) is 0 Å². The number of halogens is 1. The summed E-state index contributed by atoms with van der Waals surface area (Å²) in [5, 5.41) is 3.26. The van der Waals surface area contributed by atoms with Crippen LogP contribution in [-0.2, 0) is 11.2 Å². The van der Waals surface area contributed by atoms with Crippen molar-refractivity contribution in [3.8, 4) is 23.0 Å². The number of anilines is 1. The third kappa shape index (κ3) is 3.65. The molecule has 0 spiro atoms. The molecule has 0 saturated heterocycles. The number of benzene rings is 2. The summed E-state index contributed by atoms with van der Waals surface area (Å²) in [6.45, 7) is 1.40. The Labute approximate surface area is 156 Å². The van der Waals surface area contributed by atoms with E-state index in [1.165, 1.54) is 0 Å². The molecule has 26 heavy (non-hydrogen) atoms. The fourth-order valence-corrected chi connectivity index (χ4v) is 3.05. The molecule has 1 N–H and O–H groups in total. The third-order valence-electron chi connectivity index (χ3n) is 4.19. The Hall–Kier alpha value is -2.60. The van der Waals surface area contributed by atoms with Crippen LogP contribution < -0.4 is 24.3 Å². The molecule has 6 nitrogen and oxygen atoms in total. The SMILES string of the molecule is O=C(CCc1ccc2c(c1)OCO2)Nc1cc2c(cc1Cl)OCCCO2. The predicted octanol–water partition coefficient (Wildman–Crippen LogP) is 3.80. The van der Waals surface area contributed by atoms with Gasteiger partial charge in [0, 0.05) is 25.0 Å². The van der Waals surface area contributed by atoms with Crippen molar-refractivity contribution in [3.05, 3.63) is 40.9 Å². The first-order valence-electron chi connectivity index (χ1n) is 8.46. The highest BCUT2D eigenvalue weighted by Crippen LogP contribution is 2.38. The molecule has 0 atom stereocenters. The summed E-state index contributed by atoms with van der Waals surface area (Å²) < 4.78 is 21.9. The Morgan fingerprint density at radius 2 is 1.69 bits per heavy atom. The number of carbonyl (C=O) groups is 1. The Morgan fingerprint density at radius 1 is 0.962 bits per heavy atom. The van der Waals surface area contributed by atoms with Crippen LogP contribution in [0.5, 0.6) is 23.0 Å². The number of hydrogen-bond donors (Lipinski definition) is 1. The number of amides is 1. The summed E-state index contributed by atoms with van der Waals surface area (Å²) in [5.74, 6) is 2.52. The molecule has 0 saturated carbocycles. The van der Waals surface area contributed by atoms with Crippen LogP contribution in [0.15, 0.2) is 30.3 Å². The molecule has 1 amide bonds. The molecule has 2 aliphatic heterocycles. The fourth-order valence-electron chi connectivity index (χ4n) is 2.85. The second kappa shape index (κ2) is 7.33. The van der Waals surface area contributed by atoms with Crippen LogP contribution in [-0.4, -0.2) is 25.9 Å². The lowest BCUT2D eigenvalue weighted by molar-refractivity contribution is -0.116. The summed E-state index contributed by atoms with van der Waals surface area (Å²) in [7, 11) is 0. The van der Waals surface area contributed by atoms with Crippen LogP contribution >= 0.6 is 11.6 Å². The zero-order valence-electron chi connectivity index (χ0n) is 14.0. The quantitative estimate of drug-likeness (QED) is 0.880. The highest BCUT2D eigenvalue weighted by atomic mass is 35.5. The van der Waals surface area contributed by atoms with E-state index in [9.17, 15) is 4.79 Å². The van der Waals surface area contributed by atoms with Crippen molar-refractivity contribution in [1.29, 1.82) is 0 Å². The van der Waals surface area contributed by atoms with Crippen molar-refractivity contribution in [2.24, 2.45) is 0 Å². The van der Waals surface area contributed by atoms with Crippen LogP contribution in [0.2, 0.25) is 5.02 Å². The summed E-state index contributed by atoms with van der Waals surface area (Å²) >= 11 is 6.26. The molecule has 0 radical (unpaired) electrons. The van der Waals surface area contributed by atoms with Gasteiger partial charge in [0.15, 0.2) is 23.0 Å². The summed E-state index contributed by atoms with van der Waals surface area (Å²) in [6, 6.07) is 9.07. The molecule has 2 aromatic carbocycles. The summed E-state index contributed by atoms with van der Waals surface area (Å²) in [5.41, 5.74) is 1.53. The van der Waals surface area contributed by atoms with E-state index in [-0.39, 0.29) is 12.7 Å². The van der Waals surface area contributed by atoms with E-state index in [0.717, 1.165) is 17.7 Å². The Morgan fingerprint density at radius 3 is 2.54 bits per heavy atom. The van der Waals surface area contributed by atoms with Gasteiger partial charge in [0.05, 0.1) is 23.9 Å². The first-order valence-corrected chi connectivity index (χ1v) is 8.84. The molecule has 2 heterocycles. The number of aryl methyl sites for hydroxylation is 1. The van der Waals surface area contributed by atoms with Crippen LogP contribution in [0.4, 0.5) is 5.69 Å². The highest BCUT2D eigenvalue weighted by molar-refractivity contribution is 6.34. The maximum atomic E-state index is 12.3. The monoisotopic (exact) mass is 375 g/mol. The highest BCUT2D eigenvalue weighted by Gasteiger charge is 2.16. The van der Waals surface area contributed by atoms with Gasteiger partial charge < -0.3 is 24.3 Å². The molecule has 136 valence electrons. The van der Waals surface area contributed by atoms with Gasteiger partial charge in [-0.1, -0.05) is 17.7 Å². The molecule has 0 bridgehead atoms. The van der Waals surface area contributed by atoms with E-state index in [4.69, 9.17) is 30.5 Å². The van der Waals surface area contributed by atoms with Crippen LogP contribution in [0.3, 0.4) is 0 Å². The van der Waals surface area contributed by atoms with Crippen LogP contribution in [0, 0.1) is 0 Å². The van der Waals surface area contributed by atoms with Gasteiger partial charge in [0.2, 0.25) is 12.7 Å². The van der Waals surface area contributed by atoms with E-state index in [0.29, 0.717) is 54.0 Å². The Bertz CT molecular complexity index is 839. The van der Waals surface area contributed by atoms with E-state index >= 15 is 0 Å². The largest absolute Gasteiger partial charge is 0.490 e. The van der Waals surface area contributed by atoms with E-state index < -0.39 is 0 Å². The lowest BCUT2D eigenvalue weighted by atomic mass is 10.1. The molecule has 0 unspecified atom stereocenters. The van der Waals surface area contributed by atoms with Crippen molar-refractivity contribution in [2.75, 3.05) is 25.3 Å². The first kappa shape index (κ1) is 16.8. The maximum Gasteiger partial charge on any atom is 0.231 e. The van der Waals surface area contributed by atoms with Crippen molar-refractivity contribution in [2.45, 2.75) is 19.3 Å². The topological polar surface area (TPSA) is 66.0 Å². The Balaban J connectivity index is 1.39. The molecule has 0 aromatic heterocycles. The van der Waals surface area contributed by atoms with Gasteiger partial charge in [-0.3, -0.25) is 4.79 Å². The van der Waals surface area contributed by atoms with Crippen LogP contribution in [0.25, 0.3) is 0 Å². The average Bonchev–Trinajstić information content (AvgIpc) is 2.99. The molecule has 0 fully saturated rings. The fraction of sp³-hybridized carbons (Fsp3) is 0.316. The minimum atomic E-state index is -0.126. The van der Waals surface area contributed by atoms with Gasteiger partial charge in [-0.25, -0.2) is 0 Å². The smallest absolute Gasteiger partial charge is 0.231 e. The minimum absolute atomic E-state index is 0.126. The van der Waals surface area contributed by atoms with Gasteiger partial charge in [0.1, 0.15) is 0 Å². The van der Waals surface area contributed by atoms with Gasteiger partial charge >= 0.3 is 0 Å². The van der Waals surface area contributed by atoms with Gasteiger partial charge in [0.25, 0.3) is 0 Å². The van der Waals surface area contributed by atoms with Crippen molar-refractivity contribution in [1.82, 2.24) is 0 Å². The zero-order chi connectivity index (χ0) is 17.9. The molecular formula is C19H18ClNO5. The third-order valence-corrected chi connectivity index (χ3v) is 4.50. The normalized spacial score (nSPS) is 14.7.